The quantitative estimate of drug-likeness (QED) is 0.492. The third-order valence-corrected chi connectivity index (χ3v) is 2.94. The maximum absolute atomic E-state index is 13.4. The summed E-state index contributed by atoms with van der Waals surface area (Å²) in [6.07, 6.45) is 2.14. The number of esters is 1. The van der Waals surface area contributed by atoms with E-state index in [4.69, 9.17) is 15.7 Å². The van der Waals surface area contributed by atoms with E-state index in [9.17, 15) is 9.18 Å². The molecule has 0 amide bonds. The predicted octanol–water partition coefficient (Wildman–Crippen LogP) is 3.28. The molecule has 1 aromatic carbocycles. The summed E-state index contributed by atoms with van der Waals surface area (Å²) in [5, 5.41) is 8.86. The largest absolute Gasteiger partial charge is 0.462 e. The Morgan fingerprint density at radius 1 is 1.45 bits per heavy atom. The van der Waals surface area contributed by atoms with E-state index in [-0.39, 0.29) is 17.6 Å². The number of nitrogen functional groups attached to an aromatic ring is 1. The lowest BCUT2D eigenvalue weighted by atomic mass is 9.89. The SMILES string of the molecule is CC(C)(C#N)CCCCOC(=O)c1cc(N)ccc1F. The molecule has 0 spiro atoms. The maximum atomic E-state index is 13.4. The highest BCUT2D eigenvalue weighted by molar-refractivity contribution is 5.90. The standard InChI is InChI=1S/C15H19FN2O2/c1-15(2,10-17)7-3-4-8-20-14(19)12-9-11(18)5-6-13(12)16/h5-6,9H,3-4,7-8,18H2,1-2H3. The summed E-state index contributed by atoms with van der Waals surface area (Å²) >= 11 is 0. The van der Waals surface area contributed by atoms with Gasteiger partial charge in [0.25, 0.3) is 0 Å². The molecule has 4 nitrogen and oxygen atoms in total. The average molecular weight is 278 g/mol. The zero-order valence-corrected chi connectivity index (χ0v) is 11.8. The van der Waals surface area contributed by atoms with E-state index >= 15 is 0 Å². The van der Waals surface area contributed by atoms with Gasteiger partial charge < -0.3 is 10.5 Å². The molecule has 0 saturated carbocycles. The van der Waals surface area contributed by atoms with Crippen LogP contribution in [0.5, 0.6) is 0 Å². The first-order chi connectivity index (χ1) is 9.35. The van der Waals surface area contributed by atoms with Crippen molar-refractivity contribution < 1.29 is 13.9 Å². The number of hydrogen-bond donors (Lipinski definition) is 1. The number of unbranched alkanes of at least 4 members (excludes halogenated alkanes) is 1. The fraction of sp³-hybridized carbons (Fsp3) is 0.467. The number of nitrogens with two attached hydrogens (primary N) is 1. The van der Waals surface area contributed by atoms with Crippen LogP contribution < -0.4 is 5.73 Å². The van der Waals surface area contributed by atoms with Crippen molar-refractivity contribution in [3.8, 4) is 6.07 Å². The van der Waals surface area contributed by atoms with Crippen molar-refractivity contribution in [3.05, 3.63) is 29.6 Å². The highest BCUT2D eigenvalue weighted by atomic mass is 19.1. The topological polar surface area (TPSA) is 76.1 Å². The van der Waals surface area contributed by atoms with E-state index in [0.717, 1.165) is 18.9 Å². The van der Waals surface area contributed by atoms with Gasteiger partial charge in [-0.05, 0) is 51.3 Å². The molecule has 0 heterocycles. The first-order valence-electron chi connectivity index (χ1n) is 6.49. The number of nitrogens with zero attached hydrogens (tertiary/aromatic N) is 1. The normalized spacial score (nSPS) is 10.9. The zero-order chi connectivity index (χ0) is 15.2. The molecule has 108 valence electrons. The Hall–Kier alpha value is -2.09. The molecule has 1 aromatic rings. The first kappa shape index (κ1) is 16.0. The second-order valence-electron chi connectivity index (χ2n) is 5.33. The number of carbonyl (C=O) groups is 1. The van der Waals surface area contributed by atoms with Gasteiger partial charge in [-0.1, -0.05) is 0 Å². The van der Waals surface area contributed by atoms with Crippen LogP contribution in [-0.2, 0) is 4.74 Å². The summed E-state index contributed by atoms with van der Waals surface area (Å²) in [4.78, 5) is 11.7. The van der Waals surface area contributed by atoms with Crippen LogP contribution in [0.4, 0.5) is 10.1 Å². The van der Waals surface area contributed by atoms with Crippen molar-refractivity contribution in [1.29, 1.82) is 5.26 Å². The van der Waals surface area contributed by atoms with Gasteiger partial charge in [0.2, 0.25) is 0 Å². The van der Waals surface area contributed by atoms with E-state index in [1.54, 1.807) is 0 Å². The van der Waals surface area contributed by atoms with Gasteiger partial charge in [-0.3, -0.25) is 0 Å². The molecular formula is C15H19FN2O2. The highest BCUT2D eigenvalue weighted by Crippen LogP contribution is 2.21. The average Bonchev–Trinajstić information content (AvgIpc) is 2.40. The molecular weight excluding hydrogens is 259 g/mol. The monoisotopic (exact) mass is 278 g/mol. The van der Waals surface area contributed by atoms with Crippen molar-refractivity contribution in [3.63, 3.8) is 0 Å². The smallest absolute Gasteiger partial charge is 0.341 e. The second kappa shape index (κ2) is 6.90. The van der Waals surface area contributed by atoms with Gasteiger partial charge in [0.15, 0.2) is 0 Å². The van der Waals surface area contributed by atoms with Gasteiger partial charge in [-0.15, -0.1) is 0 Å². The van der Waals surface area contributed by atoms with Crippen LogP contribution in [0.1, 0.15) is 43.5 Å². The van der Waals surface area contributed by atoms with Crippen molar-refractivity contribution >= 4 is 11.7 Å². The van der Waals surface area contributed by atoms with Crippen LogP contribution in [0.25, 0.3) is 0 Å². The van der Waals surface area contributed by atoms with E-state index in [0.29, 0.717) is 12.1 Å². The van der Waals surface area contributed by atoms with Crippen LogP contribution in [0.15, 0.2) is 18.2 Å². The molecule has 0 aliphatic rings. The minimum Gasteiger partial charge on any atom is -0.462 e. The van der Waals surface area contributed by atoms with Crippen LogP contribution in [0, 0.1) is 22.6 Å². The number of carbonyl (C=O) groups excluding carboxylic acids is 1. The second-order valence-corrected chi connectivity index (χ2v) is 5.33. The Kier molecular flexibility index (Phi) is 5.51. The van der Waals surface area contributed by atoms with E-state index in [1.165, 1.54) is 12.1 Å². The molecule has 5 heteroatoms. The molecule has 0 bridgehead atoms. The molecule has 20 heavy (non-hydrogen) atoms. The van der Waals surface area contributed by atoms with E-state index < -0.39 is 11.8 Å². The van der Waals surface area contributed by atoms with Crippen LogP contribution in [-0.4, -0.2) is 12.6 Å². The minimum absolute atomic E-state index is 0.151. The molecule has 0 saturated heterocycles. The van der Waals surface area contributed by atoms with Gasteiger partial charge in [0, 0.05) is 5.69 Å². The molecule has 0 aromatic heterocycles. The third-order valence-electron chi connectivity index (χ3n) is 2.94. The van der Waals surface area contributed by atoms with Crippen molar-refractivity contribution in [2.24, 2.45) is 5.41 Å². The molecule has 0 radical (unpaired) electrons. The number of ether oxygens (including phenoxy) is 1. The highest BCUT2D eigenvalue weighted by Gasteiger charge is 2.16. The van der Waals surface area contributed by atoms with Gasteiger partial charge in [0.1, 0.15) is 5.82 Å². The third kappa shape index (κ3) is 4.88. The number of halogens is 1. The fourth-order valence-electron chi connectivity index (χ4n) is 1.67. The molecule has 0 fully saturated rings. The van der Waals surface area contributed by atoms with Gasteiger partial charge in [-0.2, -0.15) is 5.26 Å². The molecule has 2 N–H and O–H groups in total. The van der Waals surface area contributed by atoms with Crippen molar-refractivity contribution in [2.75, 3.05) is 12.3 Å². The number of hydrogen-bond acceptors (Lipinski definition) is 4. The molecule has 0 aliphatic heterocycles. The zero-order valence-electron chi connectivity index (χ0n) is 11.8. The number of benzene rings is 1. The first-order valence-corrected chi connectivity index (χ1v) is 6.49. The molecule has 1 rings (SSSR count). The van der Waals surface area contributed by atoms with Gasteiger partial charge in [-0.25, -0.2) is 9.18 Å². The molecule has 0 unspecified atom stereocenters. The number of nitriles is 1. The van der Waals surface area contributed by atoms with Crippen molar-refractivity contribution in [1.82, 2.24) is 0 Å². The Bertz CT molecular complexity index is 521. The Morgan fingerprint density at radius 2 is 2.15 bits per heavy atom. The van der Waals surface area contributed by atoms with Crippen molar-refractivity contribution in [2.45, 2.75) is 33.1 Å². The predicted molar refractivity (Wildman–Crippen MR) is 74.3 cm³/mol. The van der Waals surface area contributed by atoms with E-state index in [2.05, 4.69) is 6.07 Å². The lowest BCUT2D eigenvalue weighted by Crippen LogP contribution is -2.11. The van der Waals surface area contributed by atoms with Gasteiger partial charge >= 0.3 is 5.97 Å². The lowest BCUT2D eigenvalue weighted by molar-refractivity contribution is 0.0491. The Morgan fingerprint density at radius 3 is 2.80 bits per heavy atom. The molecule has 0 aliphatic carbocycles. The summed E-state index contributed by atoms with van der Waals surface area (Å²) in [5.41, 5.74) is 5.29. The lowest BCUT2D eigenvalue weighted by Gasteiger charge is -2.14. The summed E-state index contributed by atoms with van der Waals surface area (Å²) in [6, 6.07) is 5.99. The summed E-state index contributed by atoms with van der Waals surface area (Å²) in [6.45, 7) is 3.93. The number of anilines is 1. The minimum atomic E-state index is -0.714. The summed E-state index contributed by atoms with van der Waals surface area (Å²) < 4.78 is 18.4. The summed E-state index contributed by atoms with van der Waals surface area (Å²) in [5.74, 6) is -1.36. The number of rotatable bonds is 6. The maximum Gasteiger partial charge on any atom is 0.341 e. The Balaban J connectivity index is 2.38. The van der Waals surface area contributed by atoms with Gasteiger partial charge in [0.05, 0.1) is 23.7 Å². The molecule has 0 atom stereocenters. The van der Waals surface area contributed by atoms with Crippen LogP contribution in [0.2, 0.25) is 0 Å². The van der Waals surface area contributed by atoms with Crippen LogP contribution in [0.3, 0.4) is 0 Å². The van der Waals surface area contributed by atoms with E-state index in [1.807, 2.05) is 13.8 Å². The Labute approximate surface area is 118 Å². The van der Waals surface area contributed by atoms with Crippen LogP contribution >= 0.6 is 0 Å². The fourth-order valence-corrected chi connectivity index (χ4v) is 1.67. The summed E-state index contributed by atoms with van der Waals surface area (Å²) in [7, 11) is 0.